The van der Waals surface area contributed by atoms with E-state index >= 15 is 0 Å². The van der Waals surface area contributed by atoms with Gasteiger partial charge in [-0.3, -0.25) is 4.79 Å². The van der Waals surface area contributed by atoms with Crippen molar-refractivity contribution in [2.75, 3.05) is 0 Å². The summed E-state index contributed by atoms with van der Waals surface area (Å²) in [6.45, 7) is 6.64. The second-order valence-corrected chi connectivity index (χ2v) is 4.52. The van der Waals surface area contributed by atoms with Crippen LogP contribution in [0.1, 0.15) is 52.9 Å². The fourth-order valence-corrected chi connectivity index (χ4v) is 1.11. The van der Waals surface area contributed by atoms with Crippen molar-refractivity contribution in [3.05, 3.63) is 0 Å². The summed E-state index contributed by atoms with van der Waals surface area (Å²) >= 11 is 0. The minimum Gasteiger partial charge on any atom is -0.481 e. The van der Waals surface area contributed by atoms with Crippen molar-refractivity contribution in [3.8, 4) is 0 Å². The molecule has 0 rings (SSSR count). The largest absolute Gasteiger partial charge is 0.481 e. The average Bonchev–Trinajstić information content (AvgIpc) is 1.83. The molecule has 3 heteroatoms. The Bertz CT molecular complexity index is 138. The van der Waals surface area contributed by atoms with Crippen molar-refractivity contribution >= 4 is 5.97 Å². The predicted molar refractivity (Wildman–Crippen MR) is 50.2 cm³/mol. The van der Waals surface area contributed by atoms with Crippen molar-refractivity contribution in [1.82, 2.24) is 0 Å². The fourth-order valence-electron chi connectivity index (χ4n) is 1.11. The van der Waals surface area contributed by atoms with Gasteiger partial charge in [-0.1, -0.05) is 33.6 Å². The van der Waals surface area contributed by atoms with Gasteiger partial charge < -0.3 is 5.11 Å². The third-order valence-electron chi connectivity index (χ3n) is 1.82. The van der Waals surface area contributed by atoms with E-state index in [0.717, 1.165) is 19.3 Å². The Morgan fingerprint density at radius 2 is 1.69 bits per heavy atom. The molecule has 0 amide bonds. The zero-order chi connectivity index (χ0) is 9.61. The predicted octanol–water partition coefficient (Wildman–Crippen LogP) is 3.07. The van der Waals surface area contributed by atoms with E-state index in [1.807, 2.05) is 0 Å². The molecule has 0 spiro atoms. The van der Waals surface area contributed by atoms with Crippen molar-refractivity contribution in [1.29, 1.82) is 0 Å². The molecule has 0 radical (unpaired) electrons. The fraction of sp³-hybridized carbons (Fsp3) is 0.900. The summed E-state index contributed by atoms with van der Waals surface area (Å²) in [4.78, 5) is 10.2. The van der Waals surface area contributed by atoms with Gasteiger partial charge in [-0.15, -0.1) is 0 Å². The first-order valence-electron chi connectivity index (χ1n) is 4.63. The van der Waals surface area contributed by atoms with Gasteiger partial charge in [0.1, 0.15) is 0 Å². The number of carbonyl (C=O) groups is 1. The number of hydrogen-bond acceptors (Lipinski definition) is 1. The van der Waals surface area contributed by atoms with E-state index in [9.17, 15) is 4.79 Å². The third kappa shape index (κ3) is 15.0. The summed E-state index contributed by atoms with van der Waals surface area (Å²) in [7, 11) is 0. The van der Waals surface area contributed by atoms with E-state index in [1.165, 1.54) is 6.42 Å². The molecule has 0 fully saturated rings. The van der Waals surface area contributed by atoms with Crippen molar-refractivity contribution in [3.63, 3.8) is 0 Å². The monoisotopic (exact) mass is 220 g/mol. The molecule has 2 nitrogen and oxygen atoms in total. The third-order valence-corrected chi connectivity index (χ3v) is 1.82. The molecule has 0 aromatic carbocycles. The van der Waals surface area contributed by atoms with Gasteiger partial charge >= 0.3 is 5.97 Å². The molecular weight excluding hydrogens is 200 g/mol. The van der Waals surface area contributed by atoms with Crippen LogP contribution in [0.5, 0.6) is 0 Å². The minimum atomic E-state index is -0.675. The SMILES string of the molecule is CC(C)(C)CCCCCC(=O)O.[Ti]. The molecule has 0 unspecified atom stereocenters. The Morgan fingerprint density at radius 3 is 2.08 bits per heavy atom. The molecule has 1 N–H and O–H groups in total. The van der Waals surface area contributed by atoms with Crippen LogP contribution in [0.3, 0.4) is 0 Å². The van der Waals surface area contributed by atoms with Gasteiger partial charge in [0.15, 0.2) is 0 Å². The summed E-state index contributed by atoms with van der Waals surface area (Å²) in [5.41, 5.74) is 0.392. The number of rotatable bonds is 5. The smallest absolute Gasteiger partial charge is 0.303 e. The van der Waals surface area contributed by atoms with Crippen molar-refractivity contribution < 1.29 is 31.6 Å². The maximum atomic E-state index is 10.2. The van der Waals surface area contributed by atoms with Gasteiger partial charge in [-0.05, 0) is 18.3 Å². The Kier molecular flexibility index (Phi) is 9.12. The van der Waals surface area contributed by atoms with E-state index in [4.69, 9.17) is 5.11 Å². The van der Waals surface area contributed by atoms with E-state index in [1.54, 1.807) is 0 Å². The second kappa shape index (κ2) is 7.58. The molecule has 0 saturated heterocycles. The average molecular weight is 220 g/mol. The number of aliphatic carboxylic acids is 1. The quantitative estimate of drug-likeness (QED) is 0.571. The Balaban J connectivity index is 0. The maximum Gasteiger partial charge on any atom is 0.303 e. The molecule has 0 aromatic heterocycles. The summed E-state index contributed by atoms with van der Waals surface area (Å²) in [5.74, 6) is -0.675. The number of unbranched alkanes of at least 4 members (excludes halogenated alkanes) is 2. The summed E-state index contributed by atoms with van der Waals surface area (Å²) < 4.78 is 0. The summed E-state index contributed by atoms with van der Waals surface area (Å²) in [6.07, 6.45) is 4.53. The number of carboxylic acids is 1. The van der Waals surface area contributed by atoms with Crippen LogP contribution in [0.25, 0.3) is 0 Å². The van der Waals surface area contributed by atoms with Crippen LogP contribution in [0.4, 0.5) is 0 Å². The van der Waals surface area contributed by atoms with Gasteiger partial charge in [-0.25, -0.2) is 0 Å². The van der Waals surface area contributed by atoms with Crippen LogP contribution in [0.15, 0.2) is 0 Å². The number of hydrogen-bond donors (Lipinski definition) is 1. The zero-order valence-corrected chi connectivity index (χ0v) is 10.5. The molecule has 0 aromatic rings. The zero-order valence-electron chi connectivity index (χ0n) is 8.89. The summed E-state index contributed by atoms with van der Waals surface area (Å²) in [5, 5.41) is 8.37. The van der Waals surface area contributed by atoms with Gasteiger partial charge in [0.05, 0.1) is 0 Å². The molecule has 0 saturated carbocycles. The Labute approximate surface area is 96.0 Å². The first kappa shape index (κ1) is 15.6. The summed E-state index contributed by atoms with van der Waals surface area (Å²) in [6, 6.07) is 0. The Morgan fingerprint density at radius 1 is 1.15 bits per heavy atom. The second-order valence-electron chi connectivity index (χ2n) is 4.52. The van der Waals surface area contributed by atoms with Gasteiger partial charge in [-0.2, -0.15) is 0 Å². The maximum absolute atomic E-state index is 10.2. The van der Waals surface area contributed by atoms with Crippen LogP contribution in [0, 0.1) is 5.41 Å². The van der Waals surface area contributed by atoms with Gasteiger partial charge in [0.25, 0.3) is 0 Å². The van der Waals surface area contributed by atoms with E-state index in [-0.39, 0.29) is 21.7 Å². The molecule has 0 aliphatic heterocycles. The molecule has 13 heavy (non-hydrogen) atoms. The molecule has 0 aliphatic carbocycles. The van der Waals surface area contributed by atoms with Crippen LogP contribution >= 0.6 is 0 Å². The van der Waals surface area contributed by atoms with Gasteiger partial charge in [0, 0.05) is 28.1 Å². The minimum absolute atomic E-state index is 0. The molecule has 0 atom stereocenters. The van der Waals surface area contributed by atoms with Crippen LogP contribution in [0.2, 0.25) is 0 Å². The first-order chi connectivity index (χ1) is 5.42. The molecule has 76 valence electrons. The normalized spacial score (nSPS) is 10.7. The van der Waals surface area contributed by atoms with Gasteiger partial charge in [0.2, 0.25) is 0 Å². The van der Waals surface area contributed by atoms with E-state index in [2.05, 4.69) is 20.8 Å². The van der Waals surface area contributed by atoms with Crippen LogP contribution < -0.4 is 0 Å². The topological polar surface area (TPSA) is 37.3 Å². The molecular formula is C10H20O2Ti. The van der Waals surface area contributed by atoms with Crippen molar-refractivity contribution in [2.45, 2.75) is 52.9 Å². The van der Waals surface area contributed by atoms with Crippen LogP contribution in [-0.4, -0.2) is 11.1 Å². The molecule has 0 aliphatic rings. The Hall–Kier alpha value is 0.184. The standard InChI is InChI=1S/C10H20O2.Ti/c1-10(2,3)8-6-4-5-7-9(11)12;/h4-8H2,1-3H3,(H,11,12);. The molecule has 0 heterocycles. The van der Waals surface area contributed by atoms with E-state index in [0.29, 0.717) is 11.8 Å². The van der Waals surface area contributed by atoms with Crippen LogP contribution in [-0.2, 0) is 26.5 Å². The van der Waals surface area contributed by atoms with Crippen molar-refractivity contribution in [2.24, 2.45) is 5.41 Å². The molecule has 0 bridgehead atoms. The first-order valence-corrected chi connectivity index (χ1v) is 4.63. The van der Waals surface area contributed by atoms with E-state index < -0.39 is 5.97 Å². The number of carboxylic acid groups (broad SMARTS) is 1.